The van der Waals surface area contributed by atoms with Crippen LogP contribution >= 0.6 is 0 Å². The first kappa shape index (κ1) is 13.8. The molecule has 2 rings (SSSR count). The molecule has 0 bridgehead atoms. The predicted molar refractivity (Wildman–Crippen MR) is 79.6 cm³/mol. The van der Waals surface area contributed by atoms with Crippen LogP contribution in [0.15, 0.2) is 28.3 Å². The molecular formula is C14H16N4O2. The number of allylic oxidation sites excluding steroid dienone is 1. The van der Waals surface area contributed by atoms with Gasteiger partial charge in [0.15, 0.2) is 0 Å². The van der Waals surface area contributed by atoms with Crippen LogP contribution in [-0.2, 0) is 11.2 Å². The van der Waals surface area contributed by atoms with Crippen LogP contribution in [-0.4, -0.2) is 32.6 Å². The fourth-order valence-corrected chi connectivity index (χ4v) is 2.18. The lowest BCUT2D eigenvalue weighted by Crippen LogP contribution is -2.21. The molecule has 1 heterocycles. The fraction of sp³-hybridized carbons (Fsp3) is 0.214. The molecular weight excluding hydrogens is 256 g/mol. The van der Waals surface area contributed by atoms with Crippen molar-refractivity contribution in [1.82, 2.24) is 5.32 Å². The van der Waals surface area contributed by atoms with Gasteiger partial charge in [-0.2, -0.15) is 0 Å². The molecule has 1 aliphatic rings. The van der Waals surface area contributed by atoms with Crippen molar-refractivity contribution in [2.24, 2.45) is 15.7 Å². The molecule has 0 spiro atoms. The quantitative estimate of drug-likeness (QED) is 0.633. The maximum Gasteiger partial charge on any atom is 0.212 e. The van der Waals surface area contributed by atoms with Crippen molar-refractivity contribution in [2.75, 3.05) is 14.2 Å². The summed E-state index contributed by atoms with van der Waals surface area (Å²) >= 11 is 0. The van der Waals surface area contributed by atoms with Crippen molar-refractivity contribution in [2.45, 2.75) is 6.42 Å². The molecule has 0 fully saturated rings. The summed E-state index contributed by atoms with van der Waals surface area (Å²) in [6, 6.07) is 3.74. The first-order valence-corrected chi connectivity index (χ1v) is 6.07. The number of nitrogens with one attached hydrogen (secondary N) is 1. The Labute approximate surface area is 117 Å². The van der Waals surface area contributed by atoms with Crippen LogP contribution in [0, 0.1) is 0 Å². The number of amides is 1. The second kappa shape index (κ2) is 6.01. The summed E-state index contributed by atoms with van der Waals surface area (Å²) in [6.45, 7) is 0. The highest BCUT2D eigenvalue weighted by molar-refractivity contribution is 6.13. The van der Waals surface area contributed by atoms with Crippen LogP contribution in [0.1, 0.15) is 11.1 Å². The molecule has 0 saturated carbocycles. The second-order valence-corrected chi connectivity index (χ2v) is 4.15. The van der Waals surface area contributed by atoms with Gasteiger partial charge in [0.05, 0.1) is 12.8 Å². The van der Waals surface area contributed by atoms with Gasteiger partial charge in [0.25, 0.3) is 0 Å². The molecule has 0 radical (unpaired) electrons. The zero-order chi connectivity index (χ0) is 14.5. The first-order chi connectivity index (χ1) is 9.74. The van der Waals surface area contributed by atoms with E-state index in [4.69, 9.17) is 10.5 Å². The first-order valence-electron chi connectivity index (χ1n) is 6.07. The van der Waals surface area contributed by atoms with Gasteiger partial charge in [0.2, 0.25) is 6.41 Å². The van der Waals surface area contributed by atoms with Gasteiger partial charge < -0.3 is 15.8 Å². The van der Waals surface area contributed by atoms with Crippen LogP contribution in [0.3, 0.4) is 0 Å². The van der Waals surface area contributed by atoms with E-state index in [1.165, 1.54) is 6.20 Å². The SMILES string of the molecule is CN=CC(=CN)c1ccc(OC)c2c1N=C(NC=O)C2. The summed E-state index contributed by atoms with van der Waals surface area (Å²) < 4.78 is 5.34. The van der Waals surface area contributed by atoms with E-state index in [9.17, 15) is 4.79 Å². The number of methoxy groups -OCH3 is 1. The van der Waals surface area contributed by atoms with Gasteiger partial charge in [0.1, 0.15) is 11.6 Å². The summed E-state index contributed by atoms with van der Waals surface area (Å²) in [6.07, 6.45) is 4.29. The fourth-order valence-electron chi connectivity index (χ4n) is 2.18. The predicted octanol–water partition coefficient (Wildman–Crippen LogP) is 1.03. The monoisotopic (exact) mass is 272 g/mol. The number of ether oxygens (including phenoxy) is 1. The lowest BCUT2D eigenvalue weighted by Gasteiger charge is -2.10. The molecule has 0 atom stereocenters. The molecule has 20 heavy (non-hydrogen) atoms. The Morgan fingerprint density at radius 1 is 1.55 bits per heavy atom. The Bertz CT molecular complexity index is 618. The number of nitrogens with two attached hydrogens (primary N) is 1. The van der Waals surface area contributed by atoms with E-state index in [1.807, 2.05) is 12.1 Å². The third-order valence-electron chi connectivity index (χ3n) is 3.03. The molecule has 1 aromatic rings. The molecule has 0 unspecified atom stereocenters. The Morgan fingerprint density at radius 2 is 2.35 bits per heavy atom. The average molecular weight is 272 g/mol. The molecule has 104 valence electrons. The summed E-state index contributed by atoms with van der Waals surface area (Å²) in [5.41, 5.74) is 8.95. The van der Waals surface area contributed by atoms with E-state index in [-0.39, 0.29) is 0 Å². The minimum atomic E-state index is 0.520. The van der Waals surface area contributed by atoms with Crippen molar-refractivity contribution in [3.63, 3.8) is 0 Å². The number of aliphatic imine (C=N–C) groups is 2. The minimum absolute atomic E-state index is 0.520. The Kier molecular flexibility index (Phi) is 4.14. The van der Waals surface area contributed by atoms with Crippen LogP contribution in [0.4, 0.5) is 5.69 Å². The standard InChI is InChI=1S/C14H16N4O2/c1-16-7-9(6-15)10-3-4-12(20-2)11-5-13(17-8-19)18-14(10)11/h3-4,6-8H,5,15H2,1-2H3,(H,17,18,19). The normalized spacial score (nSPS) is 14.1. The average Bonchev–Trinajstić information content (AvgIpc) is 2.88. The lowest BCUT2D eigenvalue weighted by atomic mass is 10.0. The molecule has 3 N–H and O–H groups in total. The van der Waals surface area contributed by atoms with Crippen LogP contribution in [0.25, 0.3) is 5.57 Å². The van der Waals surface area contributed by atoms with E-state index in [0.717, 1.165) is 28.1 Å². The van der Waals surface area contributed by atoms with Crippen molar-refractivity contribution in [3.05, 3.63) is 29.5 Å². The minimum Gasteiger partial charge on any atom is -0.496 e. The van der Waals surface area contributed by atoms with Crippen LogP contribution in [0.2, 0.25) is 0 Å². The molecule has 1 aliphatic heterocycles. The molecule has 1 amide bonds. The highest BCUT2D eigenvalue weighted by Crippen LogP contribution is 2.39. The van der Waals surface area contributed by atoms with E-state index in [1.54, 1.807) is 20.4 Å². The highest BCUT2D eigenvalue weighted by Gasteiger charge is 2.22. The van der Waals surface area contributed by atoms with Gasteiger partial charge in [0, 0.05) is 42.6 Å². The lowest BCUT2D eigenvalue weighted by molar-refractivity contribution is -0.108. The Hall–Kier alpha value is -2.63. The number of hydrogen-bond acceptors (Lipinski definition) is 5. The zero-order valence-electron chi connectivity index (χ0n) is 11.4. The number of benzene rings is 1. The maximum absolute atomic E-state index is 10.6. The largest absolute Gasteiger partial charge is 0.496 e. The number of rotatable bonds is 4. The molecule has 0 aliphatic carbocycles. The number of carbonyl (C=O) groups excluding carboxylic acids is 1. The van der Waals surface area contributed by atoms with Crippen molar-refractivity contribution < 1.29 is 9.53 Å². The molecule has 0 saturated heterocycles. The highest BCUT2D eigenvalue weighted by atomic mass is 16.5. The van der Waals surface area contributed by atoms with Gasteiger partial charge in [-0.15, -0.1) is 0 Å². The summed E-state index contributed by atoms with van der Waals surface area (Å²) in [4.78, 5) is 19.0. The topological polar surface area (TPSA) is 89.1 Å². The number of nitrogens with zero attached hydrogens (tertiary/aromatic N) is 2. The smallest absolute Gasteiger partial charge is 0.212 e. The number of fused-ring (bicyclic) bond motifs is 1. The van der Waals surface area contributed by atoms with Gasteiger partial charge in [-0.05, 0) is 12.1 Å². The Balaban J connectivity index is 2.56. The van der Waals surface area contributed by atoms with Crippen LogP contribution in [0.5, 0.6) is 5.75 Å². The van der Waals surface area contributed by atoms with Gasteiger partial charge in [-0.3, -0.25) is 9.79 Å². The second-order valence-electron chi connectivity index (χ2n) is 4.15. The molecule has 6 nitrogen and oxygen atoms in total. The van der Waals surface area contributed by atoms with E-state index in [2.05, 4.69) is 15.3 Å². The number of amidine groups is 1. The van der Waals surface area contributed by atoms with Crippen molar-refractivity contribution >= 4 is 29.7 Å². The van der Waals surface area contributed by atoms with Gasteiger partial charge in [-0.25, -0.2) is 4.99 Å². The van der Waals surface area contributed by atoms with Gasteiger partial charge >= 0.3 is 0 Å². The Morgan fingerprint density at radius 3 is 2.95 bits per heavy atom. The maximum atomic E-state index is 10.6. The summed E-state index contributed by atoms with van der Waals surface area (Å²) in [5.74, 6) is 1.32. The number of hydrogen-bond donors (Lipinski definition) is 2. The number of carbonyl (C=O) groups is 1. The van der Waals surface area contributed by atoms with Crippen molar-refractivity contribution in [1.29, 1.82) is 0 Å². The third-order valence-corrected chi connectivity index (χ3v) is 3.03. The summed E-state index contributed by atoms with van der Waals surface area (Å²) in [7, 11) is 3.28. The van der Waals surface area contributed by atoms with Crippen LogP contribution < -0.4 is 15.8 Å². The molecule has 1 aromatic carbocycles. The zero-order valence-corrected chi connectivity index (χ0v) is 11.4. The van der Waals surface area contributed by atoms with E-state index >= 15 is 0 Å². The molecule has 6 heteroatoms. The summed E-state index contributed by atoms with van der Waals surface area (Å²) in [5, 5.41) is 2.59. The van der Waals surface area contributed by atoms with E-state index < -0.39 is 0 Å². The van der Waals surface area contributed by atoms with Gasteiger partial charge in [-0.1, -0.05) is 0 Å². The van der Waals surface area contributed by atoms with Crippen molar-refractivity contribution in [3.8, 4) is 5.75 Å². The van der Waals surface area contributed by atoms with E-state index in [0.29, 0.717) is 18.7 Å². The molecule has 0 aromatic heterocycles. The third kappa shape index (κ3) is 2.40.